The van der Waals surface area contributed by atoms with Crippen LogP contribution >= 0.6 is 12.6 Å². The van der Waals surface area contributed by atoms with Gasteiger partial charge in [0.25, 0.3) is 0 Å². The molecule has 0 aliphatic rings. The lowest BCUT2D eigenvalue weighted by Gasteiger charge is -2.24. The summed E-state index contributed by atoms with van der Waals surface area (Å²) in [5, 5.41) is 19.8. The van der Waals surface area contributed by atoms with Gasteiger partial charge in [-0.1, -0.05) is 54.6 Å². The number of carbonyl (C=O) groups is 5. The molecule has 2 rings (SSSR count). The van der Waals surface area contributed by atoms with Crippen molar-refractivity contribution in [3.63, 3.8) is 0 Å². The van der Waals surface area contributed by atoms with Crippen molar-refractivity contribution in [3.8, 4) is 0 Å². The third-order valence-corrected chi connectivity index (χ3v) is 6.20. The molecule has 0 saturated heterocycles. The Morgan fingerprint density at radius 3 is 2.11 bits per heavy atom. The molecular formula is C27H34N4O6S. The van der Waals surface area contributed by atoms with Crippen molar-refractivity contribution in [3.05, 3.63) is 71.3 Å². The Balaban J connectivity index is 2.12. The highest BCUT2D eigenvalue weighted by molar-refractivity contribution is 7.80. The van der Waals surface area contributed by atoms with E-state index < -0.39 is 35.8 Å². The van der Waals surface area contributed by atoms with Crippen molar-refractivity contribution in [1.82, 2.24) is 21.3 Å². The fourth-order valence-electron chi connectivity index (χ4n) is 3.62. The normalized spacial score (nSPS) is 12.9. The van der Waals surface area contributed by atoms with Crippen LogP contribution in [0.15, 0.2) is 54.6 Å². The van der Waals surface area contributed by atoms with Crippen molar-refractivity contribution in [2.75, 3.05) is 5.75 Å². The Morgan fingerprint density at radius 2 is 1.50 bits per heavy atom. The van der Waals surface area contributed by atoms with Gasteiger partial charge in [-0.2, -0.15) is 12.6 Å². The van der Waals surface area contributed by atoms with Gasteiger partial charge in [-0.3, -0.25) is 24.0 Å². The number of carboxylic acids is 1. The SMILES string of the molecule is C[C@H](CS)NC(=O)[C@H](Cc1ccccc1)NC(=O)[C@H](CCC(=O)O)NC(=O)Cc1ccc(CNC=O)cc1. The molecule has 38 heavy (non-hydrogen) atoms. The van der Waals surface area contributed by atoms with Gasteiger partial charge in [0.1, 0.15) is 12.1 Å². The van der Waals surface area contributed by atoms with Gasteiger partial charge in [0.05, 0.1) is 6.42 Å². The summed E-state index contributed by atoms with van der Waals surface area (Å²) >= 11 is 4.18. The van der Waals surface area contributed by atoms with E-state index in [0.717, 1.165) is 11.1 Å². The standard InChI is InChI=1S/C27H34N4O6S/c1-18(16-38)29-27(37)23(13-19-5-3-2-4-6-19)31-26(36)22(11-12-25(34)35)30-24(33)14-20-7-9-21(10-8-20)15-28-17-32/h2-10,17-18,22-23,38H,11-16H2,1H3,(H,28,32)(H,29,37)(H,30,33)(H,31,36)(H,34,35)/t18-,22+,23+/m1/s1. The Labute approximate surface area is 227 Å². The van der Waals surface area contributed by atoms with Crippen LogP contribution in [0.1, 0.15) is 36.5 Å². The van der Waals surface area contributed by atoms with Crippen molar-refractivity contribution in [2.45, 2.75) is 57.3 Å². The number of benzene rings is 2. The predicted octanol–water partition coefficient (Wildman–Crippen LogP) is 0.987. The summed E-state index contributed by atoms with van der Waals surface area (Å²) in [4.78, 5) is 60.5. The van der Waals surface area contributed by atoms with E-state index in [2.05, 4.69) is 33.9 Å². The topological polar surface area (TPSA) is 154 Å². The first-order chi connectivity index (χ1) is 18.2. The lowest BCUT2D eigenvalue weighted by atomic mass is 10.0. The second kappa shape index (κ2) is 16.1. The number of carboxylic acid groups (broad SMARTS) is 1. The zero-order valence-electron chi connectivity index (χ0n) is 21.2. The molecule has 0 unspecified atom stereocenters. The number of hydrogen-bond acceptors (Lipinski definition) is 6. The maximum Gasteiger partial charge on any atom is 0.303 e. The summed E-state index contributed by atoms with van der Waals surface area (Å²) in [6.07, 6.45) is 0.284. The fourth-order valence-corrected chi connectivity index (χ4v) is 3.71. The molecule has 3 atom stereocenters. The van der Waals surface area contributed by atoms with Crippen LogP contribution in [0.5, 0.6) is 0 Å². The summed E-state index contributed by atoms with van der Waals surface area (Å²) in [5.41, 5.74) is 2.36. The smallest absolute Gasteiger partial charge is 0.303 e. The van der Waals surface area contributed by atoms with Crippen LogP contribution in [0.25, 0.3) is 0 Å². The number of aliphatic carboxylic acids is 1. The minimum atomic E-state index is -1.15. The lowest BCUT2D eigenvalue weighted by Crippen LogP contribution is -2.55. The number of thiol groups is 1. The highest BCUT2D eigenvalue weighted by Gasteiger charge is 2.28. The van der Waals surface area contributed by atoms with E-state index in [4.69, 9.17) is 5.11 Å². The lowest BCUT2D eigenvalue weighted by molar-refractivity contribution is -0.138. The summed E-state index contributed by atoms with van der Waals surface area (Å²) in [5.74, 6) is -2.23. The summed E-state index contributed by atoms with van der Waals surface area (Å²) in [6.45, 7) is 2.14. The van der Waals surface area contributed by atoms with Crippen molar-refractivity contribution in [2.24, 2.45) is 0 Å². The fraction of sp³-hybridized carbons (Fsp3) is 0.370. The Morgan fingerprint density at radius 1 is 0.868 bits per heavy atom. The molecule has 0 spiro atoms. The van der Waals surface area contributed by atoms with E-state index in [1.54, 1.807) is 31.2 Å². The summed E-state index contributed by atoms with van der Waals surface area (Å²) < 4.78 is 0. The van der Waals surface area contributed by atoms with Gasteiger partial charge in [0.15, 0.2) is 0 Å². The Hall–Kier alpha value is -3.86. The van der Waals surface area contributed by atoms with Crippen LogP contribution in [-0.2, 0) is 43.4 Å². The van der Waals surface area contributed by atoms with Crippen LogP contribution in [0.2, 0.25) is 0 Å². The third-order valence-electron chi connectivity index (χ3n) is 5.65. The molecule has 0 saturated carbocycles. The molecule has 0 aliphatic heterocycles. The molecule has 4 amide bonds. The largest absolute Gasteiger partial charge is 0.481 e. The monoisotopic (exact) mass is 542 g/mol. The van der Waals surface area contributed by atoms with Crippen LogP contribution in [0, 0.1) is 0 Å². The first-order valence-corrected chi connectivity index (χ1v) is 12.9. The Bertz CT molecular complexity index is 1080. The predicted molar refractivity (Wildman–Crippen MR) is 145 cm³/mol. The van der Waals surface area contributed by atoms with E-state index in [1.807, 2.05) is 30.3 Å². The maximum atomic E-state index is 13.2. The van der Waals surface area contributed by atoms with Gasteiger partial charge in [0.2, 0.25) is 24.1 Å². The molecule has 10 nitrogen and oxygen atoms in total. The molecule has 2 aromatic rings. The molecule has 0 radical (unpaired) electrons. The van der Waals surface area contributed by atoms with Gasteiger partial charge in [-0.25, -0.2) is 0 Å². The molecule has 0 heterocycles. The maximum absolute atomic E-state index is 13.2. The van der Waals surface area contributed by atoms with E-state index >= 15 is 0 Å². The molecule has 0 aliphatic carbocycles. The highest BCUT2D eigenvalue weighted by Crippen LogP contribution is 2.08. The summed E-state index contributed by atoms with van der Waals surface area (Å²) in [6, 6.07) is 13.8. The average molecular weight is 543 g/mol. The van der Waals surface area contributed by atoms with Crippen LogP contribution in [-0.4, -0.2) is 59.1 Å². The molecule has 2 aromatic carbocycles. The van der Waals surface area contributed by atoms with Gasteiger partial charge >= 0.3 is 5.97 Å². The number of nitrogens with one attached hydrogen (secondary N) is 4. The highest BCUT2D eigenvalue weighted by atomic mass is 32.1. The van der Waals surface area contributed by atoms with Gasteiger partial charge in [0, 0.05) is 31.2 Å². The average Bonchev–Trinajstić information content (AvgIpc) is 2.90. The molecule has 5 N–H and O–H groups in total. The second-order valence-corrected chi connectivity index (χ2v) is 9.25. The number of rotatable bonds is 16. The van der Waals surface area contributed by atoms with Gasteiger partial charge in [-0.05, 0) is 30.0 Å². The molecule has 0 fully saturated rings. The number of hydrogen-bond donors (Lipinski definition) is 6. The number of amides is 4. The quantitative estimate of drug-likeness (QED) is 0.137. The van der Waals surface area contributed by atoms with E-state index in [1.165, 1.54) is 0 Å². The zero-order chi connectivity index (χ0) is 27.9. The van der Waals surface area contributed by atoms with Crippen molar-refractivity contribution in [1.29, 1.82) is 0 Å². The van der Waals surface area contributed by atoms with E-state index in [-0.39, 0.29) is 31.7 Å². The van der Waals surface area contributed by atoms with Gasteiger partial charge in [-0.15, -0.1) is 0 Å². The minimum absolute atomic E-state index is 0.0361. The van der Waals surface area contributed by atoms with Crippen LogP contribution in [0.4, 0.5) is 0 Å². The van der Waals surface area contributed by atoms with Crippen molar-refractivity contribution >= 4 is 42.7 Å². The third kappa shape index (κ3) is 11.0. The number of carbonyl (C=O) groups excluding carboxylic acids is 4. The Kier molecular flexibility index (Phi) is 12.8. The zero-order valence-corrected chi connectivity index (χ0v) is 22.1. The summed E-state index contributed by atoms with van der Waals surface area (Å²) in [7, 11) is 0. The first-order valence-electron chi connectivity index (χ1n) is 12.2. The molecule has 204 valence electrons. The minimum Gasteiger partial charge on any atom is -0.481 e. The van der Waals surface area contributed by atoms with Crippen LogP contribution in [0.3, 0.4) is 0 Å². The first kappa shape index (κ1) is 30.4. The van der Waals surface area contributed by atoms with Crippen LogP contribution < -0.4 is 21.3 Å². The molecule has 0 bridgehead atoms. The molecule has 11 heteroatoms. The van der Waals surface area contributed by atoms with E-state index in [9.17, 15) is 24.0 Å². The van der Waals surface area contributed by atoms with E-state index in [0.29, 0.717) is 24.3 Å². The molecular weight excluding hydrogens is 508 g/mol. The van der Waals surface area contributed by atoms with Gasteiger partial charge < -0.3 is 26.4 Å². The van der Waals surface area contributed by atoms with Crippen molar-refractivity contribution < 1.29 is 29.1 Å². The second-order valence-electron chi connectivity index (χ2n) is 8.89. The molecule has 0 aromatic heterocycles.